The first kappa shape index (κ1) is 32.1. The molecule has 4 atom stereocenters. The summed E-state index contributed by atoms with van der Waals surface area (Å²) >= 11 is 0. The highest BCUT2D eigenvalue weighted by molar-refractivity contribution is 6.00. The summed E-state index contributed by atoms with van der Waals surface area (Å²) in [6, 6.07) is 17.8. The van der Waals surface area contributed by atoms with Crippen molar-refractivity contribution >= 4 is 29.8 Å². The van der Waals surface area contributed by atoms with Crippen LogP contribution in [0.15, 0.2) is 70.6 Å². The Hall–Kier alpha value is -3.85. The quantitative estimate of drug-likeness (QED) is 0.241. The molecule has 1 heterocycles. The average Bonchev–Trinajstić information content (AvgIpc) is 3.41. The van der Waals surface area contributed by atoms with Crippen LogP contribution in [0.1, 0.15) is 82.3 Å². The number of carbonyl (C=O) groups is 3. The van der Waals surface area contributed by atoms with Gasteiger partial charge >= 0.3 is 5.97 Å². The van der Waals surface area contributed by atoms with Crippen molar-refractivity contribution in [3.05, 3.63) is 71.8 Å². The van der Waals surface area contributed by atoms with Crippen LogP contribution in [0.4, 0.5) is 0 Å². The smallest absolute Gasteiger partial charge is 0.306 e. The van der Waals surface area contributed by atoms with Crippen LogP contribution < -0.4 is 10.6 Å². The van der Waals surface area contributed by atoms with Gasteiger partial charge in [0.15, 0.2) is 0 Å². The number of aliphatic imine (C=N–C) groups is 2. The first-order chi connectivity index (χ1) is 20.8. The highest BCUT2D eigenvalue weighted by Crippen LogP contribution is 2.34. The van der Waals surface area contributed by atoms with Crippen LogP contribution >= 0.6 is 0 Å². The maximum atomic E-state index is 14.0. The Balaban J connectivity index is 1.62. The van der Waals surface area contributed by atoms with Crippen molar-refractivity contribution in [1.82, 2.24) is 10.6 Å². The van der Waals surface area contributed by atoms with Gasteiger partial charge in [0, 0.05) is 25.5 Å². The fourth-order valence-electron chi connectivity index (χ4n) is 6.13. The number of benzene rings is 2. The number of aliphatic hydroxyl groups is 1. The first-order valence-electron chi connectivity index (χ1n) is 15.5. The lowest BCUT2D eigenvalue weighted by Gasteiger charge is -2.33. The van der Waals surface area contributed by atoms with Gasteiger partial charge in [-0.3, -0.25) is 19.4 Å². The predicted molar refractivity (Wildman–Crippen MR) is 167 cm³/mol. The van der Waals surface area contributed by atoms with E-state index in [1.54, 1.807) is 6.21 Å². The number of amides is 2. The molecule has 4 rings (SSSR count). The predicted octanol–water partition coefficient (Wildman–Crippen LogP) is 4.57. The van der Waals surface area contributed by atoms with Crippen LogP contribution in [0.5, 0.6) is 0 Å². The van der Waals surface area contributed by atoms with Crippen LogP contribution in [-0.4, -0.2) is 58.2 Å². The number of amidine groups is 1. The van der Waals surface area contributed by atoms with Crippen LogP contribution in [0.25, 0.3) is 0 Å². The highest BCUT2D eigenvalue weighted by Gasteiger charge is 2.40. The minimum atomic E-state index is -1.25. The van der Waals surface area contributed by atoms with Gasteiger partial charge in [-0.05, 0) is 29.9 Å². The monoisotopic (exact) mass is 588 g/mol. The number of rotatable bonds is 15. The minimum absolute atomic E-state index is 0.116. The summed E-state index contributed by atoms with van der Waals surface area (Å²) in [4.78, 5) is 48.0. The van der Waals surface area contributed by atoms with E-state index in [0.717, 1.165) is 43.2 Å². The minimum Gasteiger partial charge on any atom is -0.481 e. The Morgan fingerprint density at radius 2 is 1.65 bits per heavy atom. The van der Waals surface area contributed by atoms with E-state index in [1.807, 2.05) is 67.6 Å². The lowest BCUT2D eigenvalue weighted by molar-refractivity contribution is -0.140. The molecule has 0 spiro atoms. The number of carboxylic acid groups (broad SMARTS) is 1. The Bertz CT molecular complexity index is 1280. The molecule has 2 amide bonds. The number of nitrogens with zero attached hydrogens (tertiary/aromatic N) is 2. The maximum absolute atomic E-state index is 14.0. The van der Waals surface area contributed by atoms with Gasteiger partial charge in [-0.25, -0.2) is 4.99 Å². The lowest BCUT2D eigenvalue weighted by atomic mass is 9.82. The molecule has 230 valence electrons. The van der Waals surface area contributed by atoms with Gasteiger partial charge in [0.25, 0.3) is 0 Å². The summed E-state index contributed by atoms with van der Waals surface area (Å²) in [6.07, 6.45) is 7.32. The Labute approximate surface area is 253 Å². The molecule has 0 bridgehead atoms. The van der Waals surface area contributed by atoms with Crippen LogP contribution in [-0.2, 0) is 26.3 Å². The lowest BCUT2D eigenvalue weighted by Crippen LogP contribution is -2.55. The third-order valence-electron chi connectivity index (χ3n) is 8.37. The molecule has 0 radical (unpaired) electrons. The summed E-state index contributed by atoms with van der Waals surface area (Å²) in [5.41, 5.74) is 0.908. The van der Waals surface area contributed by atoms with E-state index in [-0.39, 0.29) is 18.7 Å². The summed E-state index contributed by atoms with van der Waals surface area (Å²) in [6.45, 7) is 1.90. The molecule has 1 aliphatic heterocycles. The van der Waals surface area contributed by atoms with Crippen molar-refractivity contribution in [3.8, 4) is 0 Å². The molecule has 2 aromatic carbocycles. The zero-order valence-electron chi connectivity index (χ0n) is 25.0. The van der Waals surface area contributed by atoms with E-state index < -0.39 is 42.0 Å². The fraction of sp³-hybridized carbons (Fsp3) is 0.500. The summed E-state index contributed by atoms with van der Waals surface area (Å²) < 4.78 is 0. The third-order valence-corrected chi connectivity index (χ3v) is 8.37. The van der Waals surface area contributed by atoms with E-state index in [4.69, 9.17) is 4.99 Å². The molecule has 0 aromatic heterocycles. The molecular formula is C34H44N4O5. The molecule has 43 heavy (non-hydrogen) atoms. The number of carboxylic acids is 1. The number of nitrogens with one attached hydrogen (secondary N) is 2. The molecule has 1 fully saturated rings. The Morgan fingerprint density at radius 3 is 2.30 bits per heavy atom. The molecular weight excluding hydrogens is 544 g/mol. The van der Waals surface area contributed by atoms with Crippen molar-refractivity contribution in [3.63, 3.8) is 0 Å². The van der Waals surface area contributed by atoms with Crippen molar-refractivity contribution < 1.29 is 24.6 Å². The number of hydrogen-bond acceptors (Lipinski definition) is 6. The average molecular weight is 589 g/mol. The first-order valence-corrected chi connectivity index (χ1v) is 15.5. The molecule has 0 saturated heterocycles. The van der Waals surface area contributed by atoms with Gasteiger partial charge < -0.3 is 20.8 Å². The van der Waals surface area contributed by atoms with Gasteiger partial charge in [-0.15, -0.1) is 0 Å². The van der Waals surface area contributed by atoms with Crippen LogP contribution in [0.3, 0.4) is 0 Å². The topological polar surface area (TPSA) is 140 Å². The van der Waals surface area contributed by atoms with E-state index in [2.05, 4.69) is 15.6 Å². The fourth-order valence-corrected chi connectivity index (χ4v) is 6.13. The van der Waals surface area contributed by atoms with Gasteiger partial charge in [-0.2, -0.15) is 0 Å². The molecule has 2 aromatic rings. The van der Waals surface area contributed by atoms with Crippen LogP contribution in [0, 0.1) is 5.92 Å². The van der Waals surface area contributed by atoms with Crippen molar-refractivity contribution in [2.75, 3.05) is 0 Å². The molecule has 9 heteroatoms. The Kier molecular flexibility index (Phi) is 11.6. The molecule has 1 saturated carbocycles. The summed E-state index contributed by atoms with van der Waals surface area (Å²) in [5.74, 6) is -0.942. The van der Waals surface area contributed by atoms with E-state index in [0.29, 0.717) is 31.0 Å². The number of aliphatic hydroxyl groups excluding tert-OH is 1. The van der Waals surface area contributed by atoms with Crippen LogP contribution in [0.2, 0.25) is 0 Å². The molecule has 9 nitrogen and oxygen atoms in total. The van der Waals surface area contributed by atoms with E-state index in [9.17, 15) is 24.6 Å². The van der Waals surface area contributed by atoms with Crippen molar-refractivity contribution in [2.24, 2.45) is 15.9 Å². The van der Waals surface area contributed by atoms with Crippen molar-refractivity contribution in [1.29, 1.82) is 0 Å². The summed E-state index contributed by atoms with van der Waals surface area (Å²) in [5, 5.41) is 26.1. The third kappa shape index (κ3) is 9.32. The van der Waals surface area contributed by atoms with Gasteiger partial charge in [0.2, 0.25) is 11.8 Å². The second-order valence-corrected chi connectivity index (χ2v) is 11.8. The van der Waals surface area contributed by atoms with Gasteiger partial charge in [-0.1, -0.05) is 99.7 Å². The number of hydrogen-bond donors (Lipinski definition) is 4. The normalized spacial score (nSPS) is 20.6. The second-order valence-electron chi connectivity index (χ2n) is 11.8. The van der Waals surface area contributed by atoms with Gasteiger partial charge in [0.1, 0.15) is 17.4 Å². The highest BCUT2D eigenvalue weighted by atomic mass is 16.4. The zero-order valence-corrected chi connectivity index (χ0v) is 25.0. The summed E-state index contributed by atoms with van der Waals surface area (Å²) in [7, 11) is 0. The molecule has 2 aliphatic rings. The maximum Gasteiger partial charge on any atom is 0.306 e. The number of carbonyl (C=O) groups excluding carboxylic acids is 2. The standard InChI is InChI=1S/C34H44N4O5/c1-2-12-31(40)36-28(33(43)37-27(29(39)21-32(41)42)19-24-13-6-3-7-14-24)22-34(26-17-10-5-11-18-26)23-35-30(38-34)20-25-15-8-4-9-16-25/h4-5,8-11,15-18,23-24,27-29,39H,2-3,6-7,12-14,19-22H2,1H3,(H,36,40)(H,37,43)(H,41,42)/t27?,28-,29?,34?/m0/s1. The Morgan fingerprint density at radius 1 is 0.977 bits per heavy atom. The largest absolute Gasteiger partial charge is 0.481 e. The molecule has 3 unspecified atom stereocenters. The van der Waals surface area contributed by atoms with Gasteiger partial charge in [0.05, 0.1) is 18.6 Å². The number of aliphatic carboxylic acids is 1. The van der Waals surface area contributed by atoms with Crippen molar-refractivity contribution in [2.45, 2.75) is 101 Å². The van der Waals surface area contributed by atoms with E-state index in [1.165, 1.54) is 0 Å². The zero-order chi connectivity index (χ0) is 30.7. The van der Waals surface area contributed by atoms with E-state index >= 15 is 0 Å². The SMILES string of the molecule is CCCC(=O)N[C@@H](CC1(c2ccccc2)C=NC(Cc2ccccc2)=N1)C(=O)NC(CC1CCCCC1)C(O)CC(=O)O. The molecule has 1 aliphatic carbocycles. The second kappa shape index (κ2) is 15.6. The molecule has 4 N–H and O–H groups in total.